The Balaban J connectivity index is 1.55. The van der Waals surface area contributed by atoms with Crippen LogP contribution in [0.3, 0.4) is 0 Å². The fourth-order valence-electron chi connectivity index (χ4n) is 1.98. The zero-order valence-corrected chi connectivity index (χ0v) is 11.3. The summed E-state index contributed by atoms with van der Waals surface area (Å²) in [6.07, 6.45) is 4.58. The summed E-state index contributed by atoms with van der Waals surface area (Å²) in [5.41, 5.74) is -0.00422. The summed E-state index contributed by atoms with van der Waals surface area (Å²) in [6.45, 7) is 2.90. The first-order chi connectivity index (χ1) is 9.75. The molecule has 1 aromatic rings. The van der Waals surface area contributed by atoms with Gasteiger partial charge in [0.05, 0.1) is 17.6 Å². The number of aromatic nitrogens is 1. The lowest BCUT2D eigenvalue weighted by Gasteiger charge is -2.10. The minimum Gasteiger partial charge on any atom is -0.379 e. The lowest BCUT2D eigenvalue weighted by molar-refractivity contribution is -0.385. The molecule has 2 heterocycles. The van der Waals surface area contributed by atoms with Crippen molar-refractivity contribution in [1.82, 2.24) is 4.98 Å². The van der Waals surface area contributed by atoms with Gasteiger partial charge in [0, 0.05) is 25.8 Å². The van der Waals surface area contributed by atoms with Crippen LogP contribution in [-0.2, 0) is 9.47 Å². The van der Waals surface area contributed by atoms with Crippen LogP contribution < -0.4 is 5.32 Å². The van der Waals surface area contributed by atoms with Crippen molar-refractivity contribution in [3.8, 4) is 0 Å². The van der Waals surface area contributed by atoms with Gasteiger partial charge in [-0.3, -0.25) is 10.1 Å². The number of nitrogens with zero attached hydrogens (tertiary/aromatic N) is 2. The summed E-state index contributed by atoms with van der Waals surface area (Å²) < 4.78 is 11.0. The van der Waals surface area contributed by atoms with E-state index in [1.165, 1.54) is 12.3 Å². The van der Waals surface area contributed by atoms with Crippen molar-refractivity contribution in [1.29, 1.82) is 0 Å². The summed E-state index contributed by atoms with van der Waals surface area (Å²) in [5.74, 6) is 0.634. The van der Waals surface area contributed by atoms with Gasteiger partial charge in [-0.2, -0.15) is 0 Å². The van der Waals surface area contributed by atoms with Crippen LogP contribution in [-0.4, -0.2) is 42.4 Å². The van der Waals surface area contributed by atoms with Crippen LogP contribution in [0.4, 0.5) is 11.5 Å². The molecule has 0 aromatic carbocycles. The zero-order valence-electron chi connectivity index (χ0n) is 11.3. The van der Waals surface area contributed by atoms with Crippen LogP contribution in [0.2, 0.25) is 0 Å². The molecule has 1 aromatic heterocycles. The molecule has 1 N–H and O–H groups in total. The van der Waals surface area contributed by atoms with Crippen LogP contribution in [0.5, 0.6) is 0 Å². The molecule has 0 aliphatic carbocycles. The predicted octanol–water partition coefficient (Wildman–Crippen LogP) is 1.99. The molecule has 0 saturated carbocycles. The Kier molecular flexibility index (Phi) is 5.69. The molecule has 20 heavy (non-hydrogen) atoms. The molecule has 0 radical (unpaired) electrons. The SMILES string of the molecule is O=[N+]([O-])c1ccc(NCCCOCC2CCCO2)nc1. The number of pyridine rings is 1. The maximum atomic E-state index is 10.5. The fourth-order valence-corrected chi connectivity index (χ4v) is 1.98. The zero-order chi connectivity index (χ0) is 14.2. The molecule has 0 bridgehead atoms. The highest BCUT2D eigenvalue weighted by Gasteiger charge is 2.14. The second-order valence-corrected chi connectivity index (χ2v) is 4.65. The highest BCUT2D eigenvalue weighted by Crippen LogP contribution is 2.12. The van der Waals surface area contributed by atoms with Crippen molar-refractivity contribution in [2.24, 2.45) is 0 Å². The molecule has 1 atom stereocenters. The van der Waals surface area contributed by atoms with Gasteiger partial charge in [-0.1, -0.05) is 0 Å². The molecule has 1 saturated heterocycles. The second kappa shape index (κ2) is 7.76. The molecule has 0 spiro atoms. The molecule has 1 fully saturated rings. The van der Waals surface area contributed by atoms with E-state index >= 15 is 0 Å². The number of hydrogen-bond acceptors (Lipinski definition) is 6. The lowest BCUT2D eigenvalue weighted by Crippen LogP contribution is -2.15. The van der Waals surface area contributed by atoms with Crippen molar-refractivity contribution in [3.63, 3.8) is 0 Å². The van der Waals surface area contributed by atoms with E-state index in [0.29, 0.717) is 19.0 Å². The first-order valence-corrected chi connectivity index (χ1v) is 6.79. The Hall–Kier alpha value is -1.73. The van der Waals surface area contributed by atoms with E-state index in [1.54, 1.807) is 6.07 Å². The summed E-state index contributed by atoms with van der Waals surface area (Å²) in [4.78, 5) is 14.0. The van der Waals surface area contributed by atoms with Gasteiger partial charge in [0.15, 0.2) is 0 Å². The van der Waals surface area contributed by atoms with Crippen LogP contribution in [0.25, 0.3) is 0 Å². The van der Waals surface area contributed by atoms with Crippen LogP contribution in [0.1, 0.15) is 19.3 Å². The largest absolute Gasteiger partial charge is 0.379 e. The van der Waals surface area contributed by atoms with Gasteiger partial charge in [0.25, 0.3) is 5.69 Å². The van der Waals surface area contributed by atoms with Gasteiger partial charge in [-0.05, 0) is 25.3 Å². The number of ether oxygens (including phenoxy) is 2. The van der Waals surface area contributed by atoms with Gasteiger partial charge >= 0.3 is 0 Å². The highest BCUT2D eigenvalue weighted by molar-refractivity contribution is 5.39. The Morgan fingerprint density at radius 3 is 3.10 bits per heavy atom. The third-order valence-corrected chi connectivity index (χ3v) is 3.06. The predicted molar refractivity (Wildman–Crippen MR) is 73.8 cm³/mol. The third kappa shape index (κ3) is 4.75. The highest BCUT2D eigenvalue weighted by atomic mass is 16.6. The van der Waals surface area contributed by atoms with Crippen molar-refractivity contribution < 1.29 is 14.4 Å². The summed E-state index contributed by atoms with van der Waals surface area (Å²) in [6, 6.07) is 3.04. The molecule has 0 amide bonds. The van der Waals surface area contributed by atoms with E-state index in [2.05, 4.69) is 10.3 Å². The molecular weight excluding hydrogens is 262 g/mol. The van der Waals surface area contributed by atoms with E-state index in [-0.39, 0.29) is 11.8 Å². The Morgan fingerprint density at radius 1 is 1.55 bits per heavy atom. The molecule has 1 aliphatic heterocycles. The van der Waals surface area contributed by atoms with Gasteiger partial charge in [0.2, 0.25) is 0 Å². The van der Waals surface area contributed by atoms with Crippen LogP contribution in [0, 0.1) is 10.1 Å². The molecule has 2 rings (SSSR count). The Morgan fingerprint density at radius 2 is 2.45 bits per heavy atom. The average Bonchev–Trinajstić information content (AvgIpc) is 2.96. The lowest BCUT2D eigenvalue weighted by atomic mass is 10.2. The Bertz CT molecular complexity index is 418. The molecule has 110 valence electrons. The number of rotatable bonds is 8. The maximum absolute atomic E-state index is 10.5. The normalized spacial score (nSPS) is 18.1. The minimum atomic E-state index is -0.463. The first kappa shape index (κ1) is 14.7. The summed E-state index contributed by atoms with van der Waals surface area (Å²) >= 11 is 0. The third-order valence-electron chi connectivity index (χ3n) is 3.06. The number of anilines is 1. The van der Waals surface area contributed by atoms with Gasteiger partial charge in [-0.15, -0.1) is 0 Å². The minimum absolute atomic E-state index is 0.00422. The fraction of sp³-hybridized carbons (Fsp3) is 0.615. The van der Waals surface area contributed by atoms with E-state index in [9.17, 15) is 10.1 Å². The summed E-state index contributed by atoms with van der Waals surface area (Å²) in [5, 5.41) is 13.6. The van der Waals surface area contributed by atoms with Gasteiger partial charge in [0.1, 0.15) is 12.0 Å². The van der Waals surface area contributed by atoms with Crippen LogP contribution in [0.15, 0.2) is 18.3 Å². The van der Waals surface area contributed by atoms with Gasteiger partial charge < -0.3 is 14.8 Å². The molecule has 7 heteroatoms. The average molecular weight is 281 g/mol. The number of hydrogen-bond donors (Lipinski definition) is 1. The quantitative estimate of drug-likeness (QED) is 0.445. The smallest absolute Gasteiger partial charge is 0.287 e. The van der Waals surface area contributed by atoms with Crippen molar-refractivity contribution in [3.05, 3.63) is 28.4 Å². The standard InChI is InChI=1S/C13H19N3O4/c17-16(18)11-4-5-13(15-9-11)14-6-2-7-19-10-12-3-1-8-20-12/h4-5,9,12H,1-3,6-8,10H2,(H,14,15). The summed E-state index contributed by atoms with van der Waals surface area (Å²) in [7, 11) is 0. The van der Waals surface area contributed by atoms with E-state index in [4.69, 9.17) is 9.47 Å². The molecule has 1 unspecified atom stereocenters. The van der Waals surface area contributed by atoms with Gasteiger partial charge in [-0.25, -0.2) is 4.98 Å². The monoisotopic (exact) mass is 281 g/mol. The number of nitro groups is 1. The van der Waals surface area contributed by atoms with E-state index in [0.717, 1.165) is 32.4 Å². The van der Waals surface area contributed by atoms with Crippen molar-refractivity contribution in [2.75, 3.05) is 31.7 Å². The molecule has 7 nitrogen and oxygen atoms in total. The first-order valence-electron chi connectivity index (χ1n) is 6.79. The Labute approximate surface area is 117 Å². The topological polar surface area (TPSA) is 86.5 Å². The van der Waals surface area contributed by atoms with Crippen molar-refractivity contribution in [2.45, 2.75) is 25.4 Å². The van der Waals surface area contributed by atoms with E-state index < -0.39 is 4.92 Å². The number of nitrogens with one attached hydrogen (secondary N) is 1. The second-order valence-electron chi connectivity index (χ2n) is 4.65. The molecule has 1 aliphatic rings. The maximum Gasteiger partial charge on any atom is 0.287 e. The van der Waals surface area contributed by atoms with E-state index in [1.807, 2.05) is 0 Å². The van der Waals surface area contributed by atoms with Crippen LogP contribution >= 0.6 is 0 Å². The molecular formula is C13H19N3O4. The van der Waals surface area contributed by atoms with Crippen molar-refractivity contribution >= 4 is 11.5 Å².